The van der Waals surface area contributed by atoms with E-state index in [4.69, 9.17) is 0 Å². The molecule has 2 N–H and O–H groups in total. The molecule has 0 radical (unpaired) electrons. The Hall–Kier alpha value is -1.14. The van der Waals surface area contributed by atoms with Gasteiger partial charge in [-0.3, -0.25) is 0 Å². The van der Waals surface area contributed by atoms with E-state index in [2.05, 4.69) is 28.9 Å². The maximum absolute atomic E-state index is 12.0. The van der Waals surface area contributed by atoms with E-state index in [0.717, 1.165) is 12.0 Å². The Morgan fingerprint density at radius 3 is 2.56 bits per heavy atom. The van der Waals surface area contributed by atoms with E-state index in [0.29, 0.717) is 18.3 Å². The number of hydrogen-bond donors (Lipinski definition) is 2. The van der Waals surface area contributed by atoms with E-state index >= 15 is 0 Å². The van der Waals surface area contributed by atoms with Crippen molar-refractivity contribution in [2.45, 2.75) is 32.1 Å². The van der Waals surface area contributed by atoms with Crippen LogP contribution in [0.2, 0.25) is 0 Å². The smallest absolute Gasteiger partial charge is 0.242 e. The molecule has 0 aliphatic rings. The van der Waals surface area contributed by atoms with Crippen molar-refractivity contribution in [3.63, 3.8) is 0 Å². The lowest BCUT2D eigenvalue weighted by atomic mass is 10.1. The molecule has 0 aromatic carbocycles. The number of aromatic nitrogens is 1. The molecule has 0 fully saturated rings. The second-order valence-electron chi connectivity index (χ2n) is 4.67. The third-order valence-corrected chi connectivity index (χ3v) is 4.04. The minimum atomic E-state index is -3.44. The van der Waals surface area contributed by atoms with Gasteiger partial charge in [0.2, 0.25) is 10.0 Å². The van der Waals surface area contributed by atoms with Gasteiger partial charge in [0.15, 0.2) is 0 Å². The molecule has 1 aromatic rings. The molecule has 102 valence electrons. The standard InChI is InChI=1S/C12H21N3O2S/c1-9(2)5-6-15-18(16,17)11-7-10(3)12(13-4)14-8-11/h7-9,15H,5-6H2,1-4H3,(H,13,14). The minimum Gasteiger partial charge on any atom is -0.373 e. The Bertz CT molecular complexity index is 498. The van der Waals surface area contributed by atoms with Crippen molar-refractivity contribution in [3.05, 3.63) is 17.8 Å². The van der Waals surface area contributed by atoms with Crippen molar-refractivity contribution >= 4 is 15.8 Å². The molecule has 0 amide bonds. The zero-order chi connectivity index (χ0) is 13.8. The monoisotopic (exact) mass is 271 g/mol. The van der Waals surface area contributed by atoms with Gasteiger partial charge in [-0.2, -0.15) is 0 Å². The lowest BCUT2D eigenvalue weighted by molar-refractivity contribution is 0.551. The summed E-state index contributed by atoms with van der Waals surface area (Å²) >= 11 is 0. The lowest BCUT2D eigenvalue weighted by Gasteiger charge is -2.10. The van der Waals surface area contributed by atoms with Crippen molar-refractivity contribution in [2.24, 2.45) is 5.92 Å². The molecule has 1 aromatic heterocycles. The van der Waals surface area contributed by atoms with Gasteiger partial charge in [0.1, 0.15) is 10.7 Å². The minimum absolute atomic E-state index is 0.211. The fourth-order valence-electron chi connectivity index (χ4n) is 1.52. The van der Waals surface area contributed by atoms with Crippen LogP contribution in [0.1, 0.15) is 25.8 Å². The van der Waals surface area contributed by atoms with Crippen LogP contribution in [0.25, 0.3) is 0 Å². The van der Waals surface area contributed by atoms with Gasteiger partial charge < -0.3 is 5.32 Å². The third-order valence-electron chi connectivity index (χ3n) is 2.61. The average Bonchev–Trinajstić information content (AvgIpc) is 2.28. The fraction of sp³-hybridized carbons (Fsp3) is 0.583. The molecule has 0 aliphatic heterocycles. The Balaban J connectivity index is 2.82. The molecule has 18 heavy (non-hydrogen) atoms. The zero-order valence-corrected chi connectivity index (χ0v) is 12.1. The van der Waals surface area contributed by atoms with E-state index in [1.54, 1.807) is 13.1 Å². The zero-order valence-electron chi connectivity index (χ0n) is 11.3. The number of pyridine rings is 1. The normalized spacial score (nSPS) is 11.8. The van der Waals surface area contributed by atoms with Gasteiger partial charge in [-0.15, -0.1) is 0 Å². The van der Waals surface area contributed by atoms with Crippen LogP contribution in [-0.2, 0) is 10.0 Å². The van der Waals surface area contributed by atoms with Gasteiger partial charge >= 0.3 is 0 Å². The van der Waals surface area contributed by atoms with Gasteiger partial charge in [0.25, 0.3) is 0 Å². The maximum Gasteiger partial charge on any atom is 0.242 e. The predicted molar refractivity (Wildman–Crippen MR) is 73.2 cm³/mol. The fourth-order valence-corrected chi connectivity index (χ4v) is 2.60. The highest BCUT2D eigenvalue weighted by atomic mass is 32.2. The number of hydrogen-bond acceptors (Lipinski definition) is 4. The molecule has 0 saturated heterocycles. The van der Waals surface area contributed by atoms with E-state index in [-0.39, 0.29) is 4.90 Å². The van der Waals surface area contributed by atoms with Crippen molar-refractivity contribution in [2.75, 3.05) is 18.9 Å². The molecule has 5 nitrogen and oxygen atoms in total. The summed E-state index contributed by atoms with van der Waals surface area (Å²) in [6, 6.07) is 1.62. The van der Waals surface area contributed by atoms with Crippen molar-refractivity contribution in [3.8, 4) is 0 Å². The topological polar surface area (TPSA) is 71.1 Å². The van der Waals surface area contributed by atoms with Crippen molar-refractivity contribution in [1.29, 1.82) is 0 Å². The molecule has 1 rings (SSSR count). The summed E-state index contributed by atoms with van der Waals surface area (Å²) in [7, 11) is -1.69. The summed E-state index contributed by atoms with van der Waals surface area (Å²) in [6.07, 6.45) is 2.19. The highest BCUT2D eigenvalue weighted by molar-refractivity contribution is 7.89. The molecule has 0 saturated carbocycles. The van der Waals surface area contributed by atoms with E-state index in [1.807, 2.05) is 6.92 Å². The second-order valence-corrected chi connectivity index (χ2v) is 6.43. The Morgan fingerprint density at radius 2 is 2.06 bits per heavy atom. The number of rotatable bonds is 6. The van der Waals surface area contributed by atoms with E-state index in [9.17, 15) is 8.42 Å². The Morgan fingerprint density at radius 1 is 1.39 bits per heavy atom. The molecule has 0 spiro atoms. The number of nitrogens with zero attached hydrogens (tertiary/aromatic N) is 1. The largest absolute Gasteiger partial charge is 0.373 e. The van der Waals surface area contributed by atoms with Crippen LogP contribution in [0, 0.1) is 12.8 Å². The molecular formula is C12H21N3O2S. The van der Waals surface area contributed by atoms with Crippen LogP contribution < -0.4 is 10.0 Å². The molecule has 1 heterocycles. The summed E-state index contributed by atoms with van der Waals surface area (Å²) in [6.45, 7) is 6.39. The highest BCUT2D eigenvalue weighted by Crippen LogP contribution is 2.15. The second kappa shape index (κ2) is 6.15. The van der Waals surface area contributed by atoms with Crippen LogP contribution in [0.15, 0.2) is 17.2 Å². The van der Waals surface area contributed by atoms with Crippen LogP contribution in [0.3, 0.4) is 0 Å². The summed E-state index contributed by atoms with van der Waals surface area (Å²) in [5.41, 5.74) is 0.809. The number of aryl methyl sites for hydroxylation is 1. The van der Waals surface area contributed by atoms with E-state index in [1.165, 1.54) is 6.20 Å². The number of nitrogens with one attached hydrogen (secondary N) is 2. The van der Waals surface area contributed by atoms with Gasteiger partial charge in [-0.1, -0.05) is 13.8 Å². The number of sulfonamides is 1. The first kappa shape index (κ1) is 14.9. The van der Waals surface area contributed by atoms with Crippen LogP contribution in [0.4, 0.5) is 5.82 Å². The molecule has 0 unspecified atom stereocenters. The first-order valence-electron chi connectivity index (χ1n) is 6.01. The van der Waals surface area contributed by atoms with Crippen molar-refractivity contribution in [1.82, 2.24) is 9.71 Å². The molecular weight excluding hydrogens is 250 g/mol. The van der Waals surface area contributed by atoms with Crippen LogP contribution >= 0.6 is 0 Å². The summed E-state index contributed by atoms with van der Waals surface area (Å²) in [4.78, 5) is 4.29. The van der Waals surface area contributed by atoms with Gasteiger partial charge in [0, 0.05) is 19.8 Å². The molecule has 0 atom stereocenters. The summed E-state index contributed by atoms with van der Waals surface area (Å²) in [5.74, 6) is 1.16. The highest BCUT2D eigenvalue weighted by Gasteiger charge is 2.15. The molecule has 0 bridgehead atoms. The molecule has 6 heteroatoms. The lowest BCUT2D eigenvalue weighted by Crippen LogP contribution is -2.25. The maximum atomic E-state index is 12.0. The summed E-state index contributed by atoms with van der Waals surface area (Å²) in [5, 5.41) is 2.91. The van der Waals surface area contributed by atoms with Crippen LogP contribution in [0.5, 0.6) is 0 Å². The molecule has 0 aliphatic carbocycles. The van der Waals surface area contributed by atoms with Crippen LogP contribution in [-0.4, -0.2) is 27.0 Å². The number of anilines is 1. The first-order valence-corrected chi connectivity index (χ1v) is 7.49. The Labute approximate surface area is 109 Å². The first-order chi connectivity index (χ1) is 8.36. The van der Waals surface area contributed by atoms with Gasteiger partial charge in [0.05, 0.1) is 0 Å². The third kappa shape index (κ3) is 3.96. The van der Waals surface area contributed by atoms with Crippen molar-refractivity contribution < 1.29 is 8.42 Å². The quantitative estimate of drug-likeness (QED) is 0.827. The predicted octanol–water partition coefficient (Wildman–Crippen LogP) is 1.76. The van der Waals surface area contributed by atoms with Gasteiger partial charge in [-0.25, -0.2) is 18.1 Å². The summed E-state index contributed by atoms with van der Waals surface area (Å²) < 4.78 is 26.6. The SMILES string of the molecule is CNc1ncc(S(=O)(=O)NCCC(C)C)cc1C. The Kier molecular flexibility index (Phi) is 5.10. The van der Waals surface area contributed by atoms with E-state index < -0.39 is 10.0 Å². The van der Waals surface area contributed by atoms with Gasteiger partial charge in [-0.05, 0) is 30.9 Å². The average molecular weight is 271 g/mol.